The highest BCUT2D eigenvalue weighted by Crippen LogP contribution is 2.34. The molecular weight excluding hydrogens is 391 g/mol. The van der Waals surface area contributed by atoms with E-state index in [1.807, 2.05) is 4.90 Å². The Hall–Kier alpha value is -3.02. The van der Waals surface area contributed by atoms with Crippen molar-refractivity contribution < 1.29 is 23.1 Å². The Balaban J connectivity index is 1.75. The highest BCUT2D eigenvalue weighted by Gasteiger charge is 2.32. The van der Waals surface area contributed by atoms with Gasteiger partial charge >= 0.3 is 6.18 Å². The van der Waals surface area contributed by atoms with E-state index in [0.29, 0.717) is 24.5 Å². The summed E-state index contributed by atoms with van der Waals surface area (Å²) in [5.74, 6) is -0.815. The van der Waals surface area contributed by atoms with Crippen LogP contribution in [0.3, 0.4) is 0 Å². The van der Waals surface area contributed by atoms with Crippen LogP contribution in [0, 0.1) is 6.92 Å². The molecule has 3 rings (SSSR count). The fraction of sp³-hybridized carbons (Fsp3) is 0.471. The molecule has 0 aliphatic carbocycles. The molecule has 0 aromatic carbocycles. The zero-order valence-electron chi connectivity index (χ0n) is 15.6. The van der Waals surface area contributed by atoms with Crippen LogP contribution in [-0.2, 0) is 11.0 Å². The lowest BCUT2D eigenvalue weighted by molar-refractivity contribution is -0.138. The summed E-state index contributed by atoms with van der Waals surface area (Å²) in [6.07, 6.45) is -2.27. The number of aromatic hydroxyl groups is 1. The largest absolute Gasteiger partial charge is 0.506 e. The van der Waals surface area contributed by atoms with Crippen molar-refractivity contribution in [2.24, 2.45) is 5.73 Å². The molecule has 0 radical (unpaired) electrons. The SMILES string of the molecule is Cc1nc(N[C@@H]2CCCN(CC(N)=O)C2)nnc1-c1ncc(C(F)(F)F)cc1O. The maximum absolute atomic E-state index is 12.7. The van der Waals surface area contributed by atoms with Crippen molar-refractivity contribution in [3.63, 3.8) is 0 Å². The average Bonchev–Trinajstić information content (AvgIpc) is 2.61. The van der Waals surface area contributed by atoms with Gasteiger partial charge in [0.25, 0.3) is 0 Å². The number of aryl methyl sites for hydroxylation is 1. The summed E-state index contributed by atoms with van der Waals surface area (Å²) >= 11 is 0. The molecule has 29 heavy (non-hydrogen) atoms. The predicted octanol–water partition coefficient (Wildman–Crippen LogP) is 1.33. The number of nitrogens with zero attached hydrogens (tertiary/aromatic N) is 5. The van der Waals surface area contributed by atoms with Crippen LogP contribution in [0.25, 0.3) is 11.4 Å². The number of aromatic nitrogens is 4. The molecule has 1 aliphatic rings. The monoisotopic (exact) mass is 411 g/mol. The Kier molecular flexibility index (Phi) is 5.82. The molecule has 156 valence electrons. The fourth-order valence-corrected chi connectivity index (χ4v) is 3.19. The molecule has 2 aromatic heterocycles. The first-order valence-electron chi connectivity index (χ1n) is 8.88. The maximum atomic E-state index is 12.7. The number of rotatable bonds is 5. The van der Waals surface area contributed by atoms with E-state index in [1.165, 1.54) is 0 Å². The zero-order chi connectivity index (χ0) is 21.2. The summed E-state index contributed by atoms with van der Waals surface area (Å²) in [7, 11) is 0. The quantitative estimate of drug-likeness (QED) is 0.672. The summed E-state index contributed by atoms with van der Waals surface area (Å²) in [6, 6.07) is 0.582. The lowest BCUT2D eigenvalue weighted by Crippen LogP contribution is -2.45. The molecule has 4 N–H and O–H groups in total. The van der Waals surface area contributed by atoms with Gasteiger partial charge in [-0.1, -0.05) is 0 Å². The normalized spacial score (nSPS) is 17.9. The van der Waals surface area contributed by atoms with E-state index in [9.17, 15) is 23.1 Å². The number of nitrogens with two attached hydrogens (primary N) is 1. The van der Waals surface area contributed by atoms with Crippen LogP contribution in [0.5, 0.6) is 5.75 Å². The summed E-state index contributed by atoms with van der Waals surface area (Å²) < 4.78 is 38.2. The van der Waals surface area contributed by atoms with E-state index in [2.05, 4.69) is 25.5 Å². The van der Waals surface area contributed by atoms with E-state index in [0.717, 1.165) is 19.4 Å². The summed E-state index contributed by atoms with van der Waals surface area (Å²) in [4.78, 5) is 21.0. The highest BCUT2D eigenvalue weighted by molar-refractivity contribution is 5.75. The van der Waals surface area contributed by atoms with Gasteiger partial charge in [-0.15, -0.1) is 10.2 Å². The molecular formula is C17H20F3N7O2. The summed E-state index contributed by atoms with van der Waals surface area (Å²) in [6.45, 7) is 3.13. The van der Waals surface area contributed by atoms with Crippen LogP contribution in [0.1, 0.15) is 24.1 Å². The minimum Gasteiger partial charge on any atom is -0.506 e. The van der Waals surface area contributed by atoms with Gasteiger partial charge in [0, 0.05) is 18.8 Å². The van der Waals surface area contributed by atoms with E-state index in [4.69, 9.17) is 5.73 Å². The molecule has 0 unspecified atom stereocenters. The first-order valence-corrected chi connectivity index (χ1v) is 8.88. The lowest BCUT2D eigenvalue weighted by atomic mass is 10.1. The van der Waals surface area contributed by atoms with Gasteiger partial charge in [0.15, 0.2) is 0 Å². The molecule has 2 aromatic rings. The Bertz CT molecular complexity index is 907. The number of carbonyl (C=O) groups excluding carboxylic acids is 1. The molecule has 9 nitrogen and oxygen atoms in total. The van der Waals surface area contributed by atoms with Crippen molar-refractivity contribution in [3.8, 4) is 17.1 Å². The van der Waals surface area contributed by atoms with Gasteiger partial charge in [0.2, 0.25) is 11.9 Å². The number of halogens is 3. The molecule has 3 heterocycles. The van der Waals surface area contributed by atoms with Crippen molar-refractivity contribution in [2.75, 3.05) is 25.0 Å². The third-order valence-corrected chi connectivity index (χ3v) is 4.50. The standard InChI is InChI=1S/C17H20F3N7O2/c1-9-14(15-12(28)5-10(6-22-15)17(18,19)20)25-26-16(23-9)24-11-3-2-4-27(7-11)8-13(21)29/h5-6,11,28H,2-4,7-8H2,1H3,(H2,21,29)(H,23,24,26)/t11-/m1/s1. The predicted molar refractivity (Wildman–Crippen MR) is 96.7 cm³/mol. The van der Waals surface area contributed by atoms with Crippen LogP contribution in [0.4, 0.5) is 19.1 Å². The number of likely N-dealkylation sites (tertiary alicyclic amines) is 1. The molecule has 12 heteroatoms. The van der Waals surface area contributed by atoms with Crippen molar-refractivity contribution in [3.05, 3.63) is 23.5 Å². The van der Waals surface area contributed by atoms with E-state index in [-0.39, 0.29) is 29.9 Å². The van der Waals surface area contributed by atoms with Crippen LogP contribution in [0.15, 0.2) is 12.3 Å². The molecule has 0 spiro atoms. The van der Waals surface area contributed by atoms with Crippen molar-refractivity contribution >= 4 is 11.9 Å². The molecule has 1 fully saturated rings. The van der Waals surface area contributed by atoms with Crippen LogP contribution in [0.2, 0.25) is 0 Å². The number of primary amides is 1. The first kappa shape index (κ1) is 20.7. The smallest absolute Gasteiger partial charge is 0.418 e. The third kappa shape index (κ3) is 5.08. The third-order valence-electron chi connectivity index (χ3n) is 4.50. The minimum atomic E-state index is -4.61. The van der Waals surface area contributed by atoms with Crippen LogP contribution >= 0.6 is 0 Å². The highest BCUT2D eigenvalue weighted by atomic mass is 19.4. The zero-order valence-corrected chi connectivity index (χ0v) is 15.6. The molecule has 0 saturated carbocycles. The number of alkyl halides is 3. The molecule has 0 bridgehead atoms. The Morgan fingerprint density at radius 2 is 2.14 bits per heavy atom. The van der Waals surface area contributed by atoms with Gasteiger partial charge in [0.1, 0.15) is 17.1 Å². The van der Waals surface area contributed by atoms with Crippen LogP contribution < -0.4 is 11.1 Å². The Labute approximate surface area is 164 Å². The van der Waals surface area contributed by atoms with E-state index >= 15 is 0 Å². The van der Waals surface area contributed by atoms with Gasteiger partial charge in [-0.25, -0.2) is 9.97 Å². The maximum Gasteiger partial charge on any atom is 0.418 e. The van der Waals surface area contributed by atoms with E-state index in [1.54, 1.807) is 6.92 Å². The van der Waals surface area contributed by atoms with Crippen molar-refractivity contribution in [1.82, 2.24) is 25.1 Å². The molecule has 1 aliphatic heterocycles. The first-order chi connectivity index (χ1) is 13.6. The number of carbonyl (C=O) groups is 1. The van der Waals surface area contributed by atoms with Crippen molar-refractivity contribution in [2.45, 2.75) is 32.0 Å². The van der Waals surface area contributed by atoms with Gasteiger partial charge in [0.05, 0.1) is 17.8 Å². The number of piperidine rings is 1. The second-order valence-corrected chi connectivity index (χ2v) is 6.84. The fourth-order valence-electron chi connectivity index (χ4n) is 3.19. The van der Waals surface area contributed by atoms with Gasteiger partial charge in [-0.05, 0) is 32.4 Å². The Morgan fingerprint density at radius 3 is 2.76 bits per heavy atom. The van der Waals surface area contributed by atoms with Gasteiger partial charge in [-0.3, -0.25) is 9.69 Å². The van der Waals surface area contributed by atoms with E-state index < -0.39 is 23.4 Å². The Morgan fingerprint density at radius 1 is 1.38 bits per heavy atom. The number of anilines is 1. The minimum absolute atomic E-state index is 0.00672. The summed E-state index contributed by atoms with van der Waals surface area (Å²) in [5, 5.41) is 21.0. The van der Waals surface area contributed by atoms with Crippen LogP contribution in [-0.4, -0.2) is 61.8 Å². The average molecular weight is 411 g/mol. The molecule has 1 saturated heterocycles. The summed E-state index contributed by atoms with van der Waals surface area (Å²) in [5.41, 5.74) is 4.47. The number of hydrogen-bond donors (Lipinski definition) is 3. The number of nitrogens with one attached hydrogen (secondary N) is 1. The lowest BCUT2D eigenvalue weighted by Gasteiger charge is -2.32. The number of pyridine rings is 1. The van der Waals surface area contributed by atoms with Crippen molar-refractivity contribution in [1.29, 1.82) is 0 Å². The molecule has 1 amide bonds. The number of amides is 1. The number of hydrogen-bond acceptors (Lipinski definition) is 8. The molecule has 1 atom stereocenters. The van der Waals surface area contributed by atoms with Gasteiger partial charge < -0.3 is 16.2 Å². The van der Waals surface area contributed by atoms with Gasteiger partial charge in [-0.2, -0.15) is 13.2 Å². The second-order valence-electron chi connectivity index (χ2n) is 6.84. The second kappa shape index (κ2) is 8.15. The topological polar surface area (TPSA) is 130 Å².